The molecule has 0 fully saturated rings. The molecule has 1 aromatic heterocycles. The van der Waals surface area contributed by atoms with Gasteiger partial charge in [-0.1, -0.05) is 19.0 Å². The Morgan fingerprint density at radius 2 is 2.00 bits per heavy atom. The van der Waals surface area contributed by atoms with Crippen LogP contribution in [0.2, 0.25) is 0 Å². The molecule has 92 valence electrons. The van der Waals surface area contributed by atoms with Crippen molar-refractivity contribution in [2.24, 2.45) is 11.1 Å². The minimum absolute atomic E-state index is 0.147. The normalized spacial score (nSPS) is 12.4. The highest BCUT2D eigenvalue weighted by Gasteiger charge is 2.19. The van der Waals surface area contributed by atoms with Crippen LogP contribution < -0.4 is 5.73 Å². The van der Waals surface area contributed by atoms with Gasteiger partial charge in [0.25, 0.3) is 0 Å². The Balaban J connectivity index is 2.62. The molecule has 0 bridgehead atoms. The molecule has 0 unspecified atom stereocenters. The van der Waals surface area contributed by atoms with Gasteiger partial charge in [-0.15, -0.1) is 0 Å². The highest BCUT2D eigenvalue weighted by molar-refractivity contribution is 5.20. The van der Waals surface area contributed by atoms with Crippen molar-refractivity contribution in [3.8, 4) is 0 Å². The second kappa shape index (κ2) is 4.97. The maximum Gasteiger partial charge on any atom is 0.138 e. The van der Waals surface area contributed by atoms with Gasteiger partial charge in [0.2, 0.25) is 0 Å². The summed E-state index contributed by atoms with van der Waals surface area (Å²) in [4.78, 5) is 2.26. The zero-order valence-corrected chi connectivity index (χ0v) is 11.0. The lowest BCUT2D eigenvalue weighted by Crippen LogP contribution is -2.36. The summed E-state index contributed by atoms with van der Waals surface area (Å²) in [6.45, 7) is 10.8. The van der Waals surface area contributed by atoms with Crippen LogP contribution in [0.15, 0.2) is 4.52 Å². The molecule has 4 nitrogen and oxygen atoms in total. The van der Waals surface area contributed by atoms with Crippen molar-refractivity contribution in [2.45, 2.75) is 34.2 Å². The van der Waals surface area contributed by atoms with E-state index < -0.39 is 0 Å². The van der Waals surface area contributed by atoms with Gasteiger partial charge in [0.05, 0.1) is 5.69 Å². The van der Waals surface area contributed by atoms with Crippen LogP contribution in [0.5, 0.6) is 0 Å². The zero-order valence-electron chi connectivity index (χ0n) is 11.0. The van der Waals surface area contributed by atoms with Gasteiger partial charge in [0, 0.05) is 18.7 Å². The van der Waals surface area contributed by atoms with Gasteiger partial charge in [0.1, 0.15) is 5.76 Å². The molecule has 0 saturated heterocycles. The van der Waals surface area contributed by atoms with Crippen molar-refractivity contribution >= 4 is 0 Å². The van der Waals surface area contributed by atoms with Crippen LogP contribution in [0, 0.1) is 19.3 Å². The predicted octanol–water partition coefficient (Wildman–Crippen LogP) is 1.71. The van der Waals surface area contributed by atoms with E-state index in [1.54, 1.807) is 0 Å². The summed E-state index contributed by atoms with van der Waals surface area (Å²) in [7, 11) is 2.10. The minimum Gasteiger partial charge on any atom is -0.361 e. The standard InChI is InChI=1S/C12H23N3O/c1-9-11(10(2)16-14-9)6-15(5)8-12(3,4)7-13/h6-8,13H2,1-5H3. The van der Waals surface area contributed by atoms with Crippen molar-refractivity contribution in [3.63, 3.8) is 0 Å². The van der Waals surface area contributed by atoms with E-state index in [1.165, 1.54) is 5.56 Å². The maximum absolute atomic E-state index is 5.73. The Hall–Kier alpha value is -0.870. The van der Waals surface area contributed by atoms with Crippen LogP contribution in [0.4, 0.5) is 0 Å². The number of nitrogens with zero attached hydrogens (tertiary/aromatic N) is 2. The van der Waals surface area contributed by atoms with Gasteiger partial charge in [-0.2, -0.15) is 0 Å². The number of nitrogens with two attached hydrogens (primary N) is 1. The van der Waals surface area contributed by atoms with Gasteiger partial charge < -0.3 is 15.2 Å². The molecule has 0 aliphatic heterocycles. The molecule has 0 aliphatic carbocycles. The van der Waals surface area contributed by atoms with E-state index in [2.05, 4.69) is 31.0 Å². The monoisotopic (exact) mass is 225 g/mol. The molecule has 2 N–H and O–H groups in total. The number of hydrogen-bond acceptors (Lipinski definition) is 4. The third-order valence-electron chi connectivity index (χ3n) is 2.86. The van der Waals surface area contributed by atoms with Crippen molar-refractivity contribution < 1.29 is 4.52 Å². The first kappa shape index (κ1) is 13.2. The average Bonchev–Trinajstić information content (AvgIpc) is 2.49. The molecule has 0 spiro atoms. The summed E-state index contributed by atoms with van der Waals surface area (Å²) < 4.78 is 5.15. The van der Waals surface area contributed by atoms with Crippen LogP contribution >= 0.6 is 0 Å². The van der Waals surface area contributed by atoms with Gasteiger partial charge in [-0.05, 0) is 32.9 Å². The second-order valence-corrected chi connectivity index (χ2v) is 5.34. The van der Waals surface area contributed by atoms with Gasteiger partial charge in [0.15, 0.2) is 0 Å². The summed E-state index contributed by atoms with van der Waals surface area (Å²) in [6, 6.07) is 0. The van der Waals surface area contributed by atoms with Crippen LogP contribution in [0.25, 0.3) is 0 Å². The summed E-state index contributed by atoms with van der Waals surface area (Å²) in [6.07, 6.45) is 0. The van der Waals surface area contributed by atoms with Crippen molar-refractivity contribution in [1.29, 1.82) is 0 Å². The second-order valence-electron chi connectivity index (χ2n) is 5.34. The first-order valence-electron chi connectivity index (χ1n) is 5.66. The molecular formula is C12H23N3O. The topological polar surface area (TPSA) is 55.3 Å². The first-order chi connectivity index (χ1) is 7.35. The molecule has 0 radical (unpaired) electrons. The van der Waals surface area contributed by atoms with Gasteiger partial charge in [-0.25, -0.2) is 0 Å². The Labute approximate surface area is 97.8 Å². The third-order valence-corrected chi connectivity index (χ3v) is 2.86. The van der Waals surface area contributed by atoms with Crippen LogP contribution in [-0.2, 0) is 6.54 Å². The number of rotatable bonds is 5. The summed E-state index contributed by atoms with van der Waals surface area (Å²) in [5.41, 5.74) is 8.05. The van der Waals surface area contributed by atoms with E-state index in [0.29, 0.717) is 6.54 Å². The fraction of sp³-hybridized carbons (Fsp3) is 0.750. The Morgan fingerprint density at radius 3 is 2.44 bits per heavy atom. The lowest BCUT2D eigenvalue weighted by atomic mass is 9.93. The van der Waals surface area contributed by atoms with E-state index in [4.69, 9.17) is 10.3 Å². The largest absolute Gasteiger partial charge is 0.361 e. The fourth-order valence-electron chi connectivity index (χ4n) is 1.85. The number of aryl methyl sites for hydroxylation is 2. The lowest BCUT2D eigenvalue weighted by Gasteiger charge is -2.28. The predicted molar refractivity (Wildman–Crippen MR) is 65.1 cm³/mol. The van der Waals surface area contributed by atoms with Gasteiger partial charge >= 0.3 is 0 Å². The highest BCUT2D eigenvalue weighted by Crippen LogP contribution is 2.18. The van der Waals surface area contributed by atoms with E-state index in [9.17, 15) is 0 Å². The van der Waals surface area contributed by atoms with E-state index in [1.807, 2.05) is 13.8 Å². The molecule has 16 heavy (non-hydrogen) atoms. The summed E-state index contributed by atoms with van der Waals surface area (Å²) in [5, 5.41) is 3.96. The Kier molecular flexibility index (Phi) is 4.10. The quantitative estimate of drug-likeness (QED) is 0.829. The lowest BCUT2D eigenvalue weighted by molar-refractivity contribution is 0.209. The van der Waals surface area contributed by atoms with Crippen LogP contribution in [0.3, 0.4) is 0 Å². The molecule has 0 saturated carbocycles. The first-order valence-corrected chi connectivity index (χ1v) is 5.66. The summed E-state index contributed by atoms with van der Waals surface area (Å²) >= 11 is 0. The van der Waals surface area contributed by atoms with E-state index in [-0.39, 0.29) is 5.41 Å². The molecular weight excluding hydrogens is 202 g/mol. The molecule has 0 atom stereocenters. The zero-order chi connectivity index (χ0) is 12.3. The molecule has 0 amide bonds. The summed E-state index contributed by atoms with van der Waals surface area (Å²) in [5.74, 6) is 0.912. The highest BCUT2D eigenvalue weighted by atomic mass is 16.5. The number of hydrogen-bond donors (Lipinski definition) is 1. The van der Waals surface area contributed by atoms with Gasteiger partial charge in [-0.3, -0.25) is 0 Å². The van der Waals surface area contributed by atoms with Crippen molar-refractivity contribution in [2.75, 3.05) is 20.1 Å². The van der Waals surface area contributed by atoms with Crippen LogP contribution in [-0.4, -0.2) is 30.2 Å². The van der Waals surface area contributed by atoms with E-state index in [0.717, 1.165) is 24.5 Å². The third kappa shape index (κ3) is 3.32. The molecule has 1 aromatic rings. The van der Waals surface area contributed by atoms with E-state index >= 15 is 0 Å². The fourth-order valence-corrected chi connectivity index (χ4v) is 1.85. The molecule has 0 aromatic carbocycles. The van der Waals surface area contributed by atoms with Crippen molar-refractivity contribution in [1.82, 2.24) is 10.1 Å². The molecule has 4 heteroatoms. The average molecular weight is 225 g/mol. The van der Waals surface area contributed by atoms with Crippen LogP contribution in [0.1, 0.15) is 30.9 Å². The smallest absolute Gasteiger partial charge is 0.138 e. The maximum atomic E-state index is 5.73. The Morgan fingerprint density at radius 1 is 1.38 bits per heavy atom. The molecule has 0 aliphatic rings. The molecule has 1 heterocycles. The van der Waals surface area contributed by atoms with Crippen molar-refractivity contribution in [3.05, 3.63) is 17.0 Å². The number of aromatic nitrogens is 1. The molecule has 1 rings (SSSR count). The SMILES string of the molecule is Cc1noc(C)c1CN(C)CC(C)(C)CN. The minimum atomic E-state index is 0.147. The Bertz CT molecular complexity index is 325.